The number of nitrogens with zero attached hydrogens (tertiary/aromatic N) is 1. The van der Waals surface area contributed by atoms with Gasteiger partial charge < -0.3 is 5.32 Å². The summed E-state index contributed by atoms with van der Waals surface area (Å²) >= 11 is 1.69. The Bertz CT molecular complexity index is 515. The molecule has 90 valence electrons. The summed E-state index contributed by atoms with van der Waals surface area (Å²) in [5.41, 5.74) is 2.95. The molecule has 0 spiro atoms. The van der Waals surface area contributed by atoms with Gasteiger partial charge in [0, 0.05) is 10.6 Å². The van der Waals surface area contributed by atoms with Crippen molar-refractivity contribution in [2.75, 3.05) is 5.32 Å². The number of halogens is 1. The predicted molar refractivity (Wildman–Crippen MR) is 70.1 cm³/mol. The Hall–Kier alpha value is -1.42. The van der Waals surface area contributed by atoms with Crippen molar-refractivity contribution in [1.82, 2.24) is 4.98 Å². The zero-order valence-corrected chi connectivity index (χ0v) is 11.0. The molecular weight excluding hydrogens is 235 g/mol. The van der Waals surface area contributed by atoms with Crippen LogP contribution in [-0.2, 0) is 6.54 Å². The minimum absolute atomic E-state index is 0.200. The van der Waals surface area contributed by atoms with E-state index in [1.807, 2.05) is 13.8 Å². The molecular formula is C13H15FN2S. The highest BCUT2D eigenvalue weighted by Crippen LogP contribution is 2.20. The monoisotopic (exact) mass is 250 g/mol. The summed E-state index contributed by atoms with van der Waals surface area (Å²) in [6, 6.07) is 4.76. The molecule has 0 saturated heterocycles. The molecule has 2 rings (SSSR count). The molecule has 0 unspecified atom stereocenters. The zero-order valence-electron chi connectivity index (χ0n) is 10.2. The van der Waals surface area contributed by atoms with Crippen LogP contribution < -0.4 is 5.32 Å². The quantitative estimate of drug-likeness (QED) is 0.895. The Kier molecular flexibility index (Phi) is 3.43. The Morgan fingerprint density at radius 2 is 2.06 bits per heavy atom. The number of hydrogen-bond donors (Lipinski definition) is 1. The molecule has 1 aromatic carbocycles. The molecule has 0 atom stereocenters. The highest BCUT2D eigenvalue weighted by molar-refractivity contribution is 7.11. The topological polar surface area (TPSA) is 24.9 Å². The molecule has 17 heavy (non-hydrogen) atoms. The molecule has 0 bridgehead atoms. The minimum atomic E-state index is -0.200. The number of aryl methyl sites for hydroxylation is 3. The molecule has 0 aliphatic heterocycles. The van der Waals surface area contributed by atoms with E-state index < -0.39 is 0 Å². The molecule has 1 heterocycles. The molecule has 4 heteroatoms. The fourth-order valence-corrected chi connectivity index (χ4v) is 2.48. The lowest BCUT2D eigenvalue weighted by atomic mass is 10.2. The van der Waals surface area contributed by atoms with Crippen molar-refractivity contribution in [1.29, 1.82) is 0 Å². The van der Waals surface area contributed by atoms with Gasteiger partial charge in [0.05, 0.1) is 12.2 Å². The molecule has 0 saturated carbocycles. The fourth-order valence-electron chi connectivity index (χ4n) is 1.61. The number of nitrogens with one attached hydrogen (secondary N) is 1. The number of anilines is 1. The van der Waals surface area contributed by atoms with Gasteiger partial charge in [0.1, 0.15) is 10.8 Å². The van der Waals surface area contributed by atoms with Crippen LogP contribution in [0.2, 0.25) is 0 Å². The normalized spacial score (nSPS) is 10.6. The van der Waals surface area contributed by atoms with Crippen molar-refractivity contribution in [2.24, 2.45) is 0 Å². The highest BCUT2D eigenvalue weighted by Gasteiger charge is 2.04. The molecule has 0 aliphatic rings. The fraction of sp³-hybridized carbons (Fsp3) is 0.308. The number of rotatable bonds is 3. The van der Waals surface area contributed by atoms with Crippen LogP contribution in [0, 0.1) is 26.6 Å². The van der Waals surface area contributed by atoms with E-state index in [0.29, 0.717) is 6.54 Å². The zero-order chi connectivity index (χ0) is 12.4. The molecule has 1 aromatic heterocycles. The summed E-state index contributed by atoms with van der Waals surface area (Å²) in [6.07, 6.45) is 0. The lowest BCUT2D eigenvalue weighted by Gasteiger charge is -2.07. The van der Waals surface area contributed by atoms with Gasteiger partial charge >= 0.3 is 0 Å². The summed E-state index contributed by atoms with van der Waals surface area (Å²) in [5, 5.41) is 4.34. The standard InChI is InChI=1S/C13H15FN2S/c1-8-6-11(14)4-5-12(8)15-7-13-16-9(2)10(3)17-13/h4-6,15H,7H2,1-3H3. The SMILES string of the molecule is Cc1cc(F)ccc1NCc1nc(C)c(C)s1. The average Bonchev–Trinajstić information content (AvgIpc) is 2.57. The first-order valence-corrected chi connectivity index (χ1v) is 6.31. The average molecular weight is 250 g/mol. The number of benzene rings is 1. The third-order valence-corrected chi connectivity index (χ3v) is 3.76. The van der Waals surface area contributed by atoms with E-state index >= 15 is 0 Å². The van der Waals surface area contributed by atoms with E-state index in [0.717, 1.165) is 22.0 Å². The number of thiazole rings is 1. The van der Waals surface area contributed by atoms with Crippen LogP contribution in [0.15, 0.2) is 18.2 Å². The molecule has 0 aliphatic carbocycles. The van der Waals surface area contributed by atoms with Gasteiger partial charge in [-0.05, 0) is 44.5 Å². The second-order valence-corrected chi connectivity index (χ2v) is 5.35. The van der Waals surface area contributed by atoms with Crippen molar-refractivity contribution in [3.05, 3.63) is 45.2 Å². The summed E-state index contributed by atoms with van der Waals surface area (Å²) in [5.74, 6) is -0.200. The Labute approximate surface area is 105 Å². The molecule has 0 radical (unpaired) electrons. The predicted octanol–water partition coefficient (Wildman–Crippen LogP) is 3.82. The van der Waals surface area contributed by atoms with Crippen molar-refractivity contribution in [2.45, 2.75) is 27.3 Å². The minimum Gasteiger partial charge on any atom is -0.378 e. The third kappa shape index (κ3) is 2.82. The van der Waals surface area contributed by atoms with Gasteiger partial charge in [-0.15, -0.1) is 11.3 Å². The first kappa shape index (κ1) is 12.0. The van der Waals surface area contributed by atoms with Gasteiger partial charge in [0.25, 0.3) is 0 Å². The van der Waals surface area contributed by atoms with Crippen LogP contribution >= 0.6 is 11.3 Å². The summed E-state index contributed by atoms with van der Waals surface area (Å²) < 4.78 is 12.9. The lowest BCUT2D eigenvalue weighted by Crippen LogP contribution is -2.00. The van der Waals surface area contributed by atoms with Crippen LogP contribution in [0.25, 0.3) is 0 Å². The largest absolute Gasteiger partial charge is 0.378 e. The molecule has 1 N–H and O–H groups in total. The van der Waals surface area contributed by atoms with Crippen molar-refractivity contribution in [3.63, 3.8) is 0 Å². The third-order valence-electron chi connectivity index (χ3n) is 2.69. The van der Waals surface area contributed by atoms with E-state index in [1.165, 1.54) is 17.0 Å². The maximum atomic E-state index is 12.9. The van der Waals surface area contributed by atoms with Crippen molar-refractivity contribution < 1.29 is 4.39 Å². The smallest absolute Gasteiger partial charge is 0.123 e. The second kappa shape index (κ2) is 4.84. The van der Waals surface area contributed by atoms with E-state index in [4.69, 9.17) is 0 Å². The molecule has 2 nitrogen and oxygen atoms in total. The summed E-state index contributed by atoms with van der Waals surface area (Å²) in [7, 11) is 0. The maximum absolute atomic E-state index is 12.9. The highest BCUT2D eigenvalue weighted by atomic mass is 32.1. The Morgan fingerprint density at radius 3 is 2.65 bits per heavy atom. The lowest BCUT2D eigenvalue weighted by molar-refractivity contribution is 0.627. The summed E-state index contributed by atoms with van der Waals surface area (Å²) in [4.78, 5) is 5.70. The summed E-state index contributed by atoms with van der Waals surface area (Å²) in [6.45, 7) is 6.66. The van der Waals surface area contributed by atoms with Gasteiger partial charge in [0.15, 0.2) is 0 Å². The Morgan fingerprint density at radius 1 is 1.29 bits per heavy atom. The maximum Gasteiger partial charge on any atom is 0.123 e. The molecule has 0 amide bonds. The second-order valence-electron chi connectivity index (χ2n) is 4.06. The van der Waals surface area contributed by atoms with Crippen LogP contribution in [0.3, 0.4) is 0 Å². The van der Waals surface area contributed by atoms with Gasteiger partial charge in [-0.1, -0.05) is 0 Å². The first-order valence-electron chi connectivity index (χ1n) is 5.49. The van der Waals surface area contributed by atoms with Crippen LogP contribution in [-0.4, -0.2) is 4.98 Å². The van der Waals surface area contributed by atoms with Gasteiger partial charge in [0.2, 0.25) is 0 Å². The van der Waals surface area contributed by atoms with Crippen LogP contribution in [0.1, 0.15) is 21.1 Å². The van der Waals surface area contributed by atoms with E-state index in [-0.39, 0.29) is 5.82 Å². The van der Waals surface area contributed by atoms with Crippen LogP contribution in [0.5, 0.6) is 0 Å². The number of aromatic nitrogens is 1. The van der Waals surface area contributed by atoms with Gasteiger partial charge in [-0.25, -0.2) is 9.37 Å². The number of hydrogen-bond acceptors (Lipinski definition) is 3. The Balaban J connectivity index is 2.07. The van der Waals surface area contributed by atoms with Crippen molar-refractivity contribution >= 4 is 17.0 Å². The molecule has 0 fully saturated rings. The van der Waals surface area contributed by atoms with E-state index in [2.05, 4.69) is 17.2 Å². The van der Waals surface area contributed by atoms with Gasteiger partial charge in [-0.2, -0.15) is 0 Å². The first-order chi connectivity index (χ1) is 8.06. The van der Waals surface area contributed by atoms with Gasteiger partial charge in [-0.3, -0.25) is 0 Å². The van der Waals surface area contributed by atoms with Crippen LogP contribution in [0.4, 0.5) is 10.1 Å². The molecule has 2 aromatic rings. The van der Waals surface area contributed by atoms with E-state index in [1.54, 1.807) is 17.4 Å². The van der Waals surface area contributed by atoms with Crippen molar-refractivity contribution in [3.8, 4) is 0 Å². The van der Waals surface area contributed by atoms with E-state index in [9.17, 15) is 4.39 Å².